The number of esters is 1. The number of nitrogens with zero attached hydrogens (tertiary/aromatic N) is 1. The van der Waals surface area contributed by atoms with Crippen LogP contribution >= 0.6 is 0 Å². The molecular formula is C24H25F6NO3. The Morgan fingerprint density at radius 1 is 0.941 bits per heavy atom. The van der Waals surface area contributed by atoms with E-state index in [-0.39, 0.29) is 24.0 Å². The summed E-state index contributed by atoms with van der Waals surface area (Å²) in [5, 5.41) is 0. The highest BCUT2D eigenvalue weighted by Gasteiger charge is 2.35. The maximum atomic E-state index is 13.4. The molecule has 3 rings (SSSR count). The van der Waals surface area contributed by atoms with E-state index in [1.54, 1.807) is 6.07 Å². The predicted octanol–water partition coefficient (Wildman–Crippen LogP) is 5.90. The molecule has 2 aromatic carbocycles. The molecule has 0 bridgehead atoms. The van der Waals surface area contributed by atoms with Crippen molar-refractivity contribution in [1.82, 2.24) is 4.90 Å². The van der Waals surface area contributed by atoms with Crippen LogP contribution in [-0.2, 0) is 28.4 Å². The second-order valence-corrected chi connectivity index (χ2v) is 8.46. The van der Waals surface area contributed by atoms with E-state index in [2.05, 4.69) is 0 Å². The Morgan fingerprint density at radius 3 is 2.15 bits per heavy atom. The average Bonchev–Trinajstić information content (AvgIpc) is 2.77. The zero-order valence-corrected chi connectivity index (χ0v) is 18.7. The topological polar surface area (TPSA) is 38.8 Å². The van der Waals surface area contributed by atoms with Crippen LogP contribution in [0, 0.1) is 5.92 Å². The van der Waals surface area contributed by atoms with Gasteiger partial charge in [-0.25, -0.2) is 0 Å². The number of carbonyl (C=O) groups excluding carboxylic acids is 1. The molecule has 1 saturated heterocycles. The minimum Gasteiger partial charge on any atom is -0.497 e. The van der Waals surface area contributed by atoms with E-state index in [1.165, 1.54) is 26.4 Å². The van der Waals surface area contributed by atoms with Crippen LogP contribution in [0.4, 0.5) is 26.3 Å². The summed E-state index contributed by atoms with van der Waals surface area (Å²) in [5.41, 5.74) is -0.524. The molecule has 0 aromatic heterocycles. The molecule has 1 aliphatic heterocycles. The Kier molecular flexibility index (Phi) is 7.80. The van der Waals surface area contributed by atoms with E-state index in [0.717, 1.165) is 24.3 Å². The summed E-state index contributed by atoms with van der Waals surface area (Å²) in [5.74, 6) is -0.883. The van der Waals surface area contributed by atoms with Gasteiger partial charge in [-0.2, -0.15) is 26.3 Å². The van der Waals surface area contributed by atoms with Crippen LogP contribution in [-0.4, -0.2) is 38.2 Å². The van der Waals surface area contributed by atoms with Crippen molar-refractivity contribution in [3.05, 3.63) is 64.7 Å². The molecule has 0 unspecified atom stereocenters. The Morgan fingerprint density at radius 2 is 1.59 bits per heavy atom. The number of benzene rings is 2. The number of ether oxygens (including phenoxy) is 2. The van der Waals surface area contributed by atoms with Crippen molar-refractivity contribution in [3.63, 3.8) is 0 Å². The molecule has 2 atom stereocenters. The van der Waals surface area contributed by atoms with Gasteiger partial charge in [-0.3, -0.25) is 9.69 Å². The quantitative estimate of drug-likeness (QED) is 0.374. The molecule has 186 valence electrons. The highest BCUT2D eigenvalue weighted by atomic mass is 19.4. The Bertz CT molecular complexity index is 988. The van der Waals surface area contributed by atoms with Crippen molar-refractivity contribution >= 4 is 5.97 Å². The lowest BCUT2D eigenvalue weighted by atomic mass is 9.82. The maximum absolute atomic E-state index is 13.4. The van der Waals surface area contributed by atoms with Gasteiger partial charge in [-0.15, -0.1) is 0 Å². The molecule has 4 nitrogen and oxygen atoms in total. The first-order valence-electron chi connectivity index (χ1n) is 10.6. The largest absolute Gasteiger partial charge is 0.497 e. The van der Waals surface area contributed by atoms with Crippen LogP contribution in [0.15, 0.2) is 42.5 Å². The van der Waals surface area contributed by atoms with Gasteiger partial charge in [-0.1, -0.05) is 12.1 Å². The van der Waals surface area contributed by atoms with E-state index in [0.29, 0.717) is 37.2 Å². The molecule has 10 heteroatoms. The first-order valence-corrected chi connectivity index (χ1v) is 10.6. The standard InChI is InChI=1S/C24H25F6NO3/c1-33-21-10-17(9-20(11-21)24(28,29)30)18-7-16(8-22(32)34-2)13-31(14-18)12-15-3-5-19(6-4-15)23(25,26)27/h3-6,9-11,16,18H,7-8,12-14H2,1-2H3/t16-,18-/m0/s1. The molecule has 34 heavy (non-hydrogen) atoms. The van der Waals surface area contributed by atoms with Gasteiger partial charge in [0.1, 0.15) is 5.75 Å². The number of hydrogen-bond donors (Lipinski definition) is 0. The number of hydrogen-bond acceptors (Lipinski definition) is 4. The fraction of sp³-hybridized carbons (Fsp3) is 0.458. The Hall–Kier alpha value is -2.75. The van der Waals surface area contributed by atoms with E-state index in [1.807, 2.05) is 4.90 Å². The van der Waals surface area contributed by atoms with Gasteiger partial charge in [0, 0.05) is 26.1 Å². The van der Waals surface area contributed by atoms with Gasteiger partial charge in [0.15, 0.2) is 0 Å². The zero-order chi connectivity index (χ0) is 25.1. The van der Waals surface area contributed by atoms with Gasteiger partial charge in [0.2, 0.25) is 0 Å². The monoisotopic (exact) mass is 489 g/mol. The van der Waals surface area contributed by atoms with Crippen molar-refractivity contribution in [1.29, 1.82) is 0 Å². The van der Waals surface area contributed by atoms with Gasteiger partial charge in [-0.05, 0) is 59.7 Å². The van der Waals surface area contributed by atoms with E-state index in [4.69, 9.17) is 9.47 Å². The van der Waals surface area contributed by atoms with Crippen LogP contribution in [0.25, 0.3) is 0 Å². The van der Waals surface area contributed by atoms with Gasteiger partial charge >= 0.3 is 18.3 Å². The normalized spacial score (nSPS) is 19.6. The molecule has 2 aromatic rings. The van der Waals surface area contributed by atoms with E-state index >= 15 is 0 Å². The van der Waals surface area contributed by atoms with Gasteiger partial charge < -0.3 is 9.47 Å². The first-order chi connectivity index (χ1) is 15.9. The summed E-state index contributed by atoms with van der Waals surface area (Å²) in [6.45, 7) is 1.13. The molecule has 0 aliphatic carbocycles. The second kappa shape index (κ2) is 10.2. The molecular weight excluding hydrogens is 464 g/mol. The maximum Gasteiger partial charge on any atom is 0.416 e. The minimum absolute atomic E-state index is 0.0780. The average molecular weight is 489 g/mol. The SMILES string of the molecule is COC(=O)C[C@@H]1C[C@H](c2cc(OC)cc(C(F)(F)F)c2)CN(Cc2ccc(C(F)(F)F)cc2)C1. The number of carbonyl (C=O) groups is 1. The lowest BCUT2D eigenvalue weighted by Crippen LogP contribution is -2.40. The summed E-state index contributed by atoms with van der Waals surface area (Å²) >= 11 is 0. The number of rotatable bonds is 6. The fourth-order valence-electron chi connectivity index (χ4n) is 4.34. The molecule has 0 radical (unpaired) electrons. The van der Waals surface area contributed by atoms with Crippen molar-refractivity contribution in [2.45, 2.75) is 37.7 Å². The third-order valence-electron chi connectivity index (χ3n) is 5.95. The minimum atomic E-state index is -4.55. The second-order valence-electron chi connectivity index (χ2n) is 8.46. The third-order valence-corrected chi connectivity index (χ3v) is 5.95. The van der Waals surface area contributed by atoms with Crippen molar-refractivity contribution in [2.24, 2.45) is 5.92 Å². The highest BCUT2D eigenvalue weighted by molar-refractivity contribution is 5.69. The van der Waals surface area contributed by atoms with Crippen molar-refractivity contribution < 1.29 is 40.6 Å². The Labute approximate surface area is 193 Å². The summed E-state index contributed by atoms with van der Waals surface area (Å²) in [6, 6.07) is 8.34. The molecule has 0 saturated carbocycles. The van der Waals surface area contributed by atoms with Crippen LogP contribution in [0.3, 0.4) is 0 Å². The van der Waals surface area contributed by atoms with Crippen LogP contribution in [0.1, 0.15) is 41.0 Å². The third kappa shape index (κ3) is 6.65. The first kappa shape index (κ1) is 25.9. The van der Waals surface area contributed by atoms with Crippen LogP contribution < -0.4 is 4.74 Å². The zero-order valence-electron chi connectivity index (χ0n) is 18.7. The highest BCUT2D eigenvalue weighted by Crippen LogP contribution is 2.39. The molecule has 0 spiro atoms. The summed E-state index contributed by atoms with van der Waals surface area (Å²) in [4.78, 5) is 13.8. The van der Waals surface area contributed by atoms with Crippen molar-refractivity contribution in [2.75, 3.05) is 27.3 Å². The summed E-state index contributed by atoms with van der Waals surface area (Å²) in [7, 11) is 2.55. The van der Waals surface area contributed by atoms with Crippen molar-refractivity contribution in [3.8, 4) is 5.75 Å². The molecule has 1 aliphatic rings. The summed E-state index contributed by atoms with van der Waals surface area (Å²) in [6.07, 6.45) is -8.44. The molecule has 1 fully saturated rings. The fourth-order valence-corrected chi connectivity index (χ4v) is 4.34. The van der Waals surface area contributed by atoms with Gasteiger partial charge in [0.05, 0.1) is 25.3 Å². The Balaban J connectivity index is 1.87. The van der Waals surface area contributed by atoms with Gasteiger partial charge in [0.25, 0.3) is 0 Å². The van der Waals surface area contributed by atoms with E-state index in [9.17, 15) is 31.1 Å². The lowest BCUT2D eigenvalue weighted by molar-refractivity contribution is -0.142. The van der Waals surface area contributed by atoms with E-state index < -0.39 is 29.4 Å². The van der Waals surface area contributed by atoms with Crippen LogP contribution in [0.5, 0.6) is 5.75 Å². The lowest BCUT2D eigenvalue weighted by Gasteiger charge is -2.38. The number of piperidine rings is 1. The summed E-state index contributed by atoms with van der Waals surface area (Å²) < 4.78 is 88.7. The molecule has 0 N–H and O–H groups in total. The molecule has 0 amide bonds. The number of methoxy groups -OCH3 is 2. The van der Waals surface area contributed by atoms with Crippen LogP contribution in [0.2, 0.25) is 0 Å². The molecule has 1 heterocycles. The number of alkyl halides is 6. The smallest absolute Gasteiger partial charge is 0.416 e. The predicted molar refractivity (Wildman–Crippen MR) is 112 cm³/mol. The number of likely N-dealkylation sites (tertiary alicyclic amines) is 1. The number of halogens is 6.